The number of benzene rings is 1. The molecule has 0 bridgehead atoms. The van der Waals surface area contributed by atoms with Gasteiger partial charge in [0, 0.05) is 48.7 Å². The van der Waals surface area contributed by atoms with E-state index in [0.29, 0.717) is 17.4 Å². The van der Waals surface area contributed by atoms with Crippen molar-refractivity contribution in [3.05, 3.63) is 66.1 Å². The zero-order chi connectivity index (χ0) is 21.1. The molecule has 1 aromatic carbocycles. The van der Waals surface area contributed by atoms with Gasteiger partial charge in [0.25, 0.3) is 5.78 Å². The van der Waals surface area contributed by atoms with Crippen molar-refractivity contribution in [2.75, 3.05) is 17.2 Å². The van der Waals surface area contributed by atoms with Gasteiger partial charge in [-0.3, -0.25) is 9.78 Å². The van der Waals surface area contributed by atoms with Crippen LogP contribution < -0.4 is 10.6 Å². The third-order valence-corrected chi connectivity index (χ3v) is 4.22. The lowest BCUT2D eigenvalue weighted by Gasteiger charge is -2.09. The van der Waals surface area contributed by atoms with Gasteiger partial charge in [-0.15, -0.1) is 5.10 Å². The summed E-state index contributed by atoms with van der Waals surface area (Å²) in [6, 6.07) is 8.41. The molecular formula is C20H17F2N7O. The molecule has 3 heterocycles. The molecule has 0 atom stereocenters. The minimum Gasteiger partial charge on any atom is -0.369 e. The number of carbonyl (C=O) groups excluding carboxylic acids is 1. The van der Waals surface area contributed by atoms with Gasteiger partial charge in [0.2, 0.25) is 5.91 Å². The molecule has 0 spiro atoms. The summed E-state index contributed by atoms with van der Waals surface area (Å²) in [5, 5.41) is 10.0. The minimum absolute atomic E-state index is 0.0594. The lowest BCUT2D eigenvalue weighted by atomic mass is 10.3. The minimum atomic E-state index is -0.826. The Morgan fingerprint density at radius 1 is 1.17 bits per heavy atom. The van der Waals surface area contributed by atoms with Crippen LogP contribution in [0.2, 0.25) is 0 Å². The molecule has 2 N–H and O–H groups in total. The molecule has 4 rings (SSSR count). The highest BCUT2D eigenvalue weighted by molar-refractivity contribution is 5.91. The van der Waals surface area contributed by atoms with E-state index in [1.165, 1.54) is 6.07 Å². The van der Waals surface area contributed by atoms with Crippen LogP contribution in [0.3, 0.4) is 0 Å². The molecule has 0 unspecified atom stereocenters. The molecule has 0 fully saturated rings. The summed E-state index contributed by atoms with van der Waals surface area (Å²) in [6.45, 7) is 2.09. The van der Waals surface area contributed by atoms with E-state index in [9.17, 15) is 13.6 Å². The number of aromatic nitrogens is 5. The standard InChI is InChI=1S/C20H17F2N7O/c1-12-9-17(24-8-6-18(30)26-16-5-4-14(21)10-15(16)22)29-20(25-12)27-19(28-29)13-3-2-7-23-11-13/h2-5,7,9-11,24H,6,8H2,1H3,(H,26,30). The Labute approximate surface area is 170 Å². The Hall–Kier alpha value is -3.95. The van der Waals surface area contributed by atoms with Crippen LogP contribution >= 0.6 is 0 Å². The maximum Gasteiger partial charge on any atom is 0.254 e. The van der Waals surface area contributed by atoms with Gasteiger partial charge < -0.3 is 10.6 Å². The van der Waals surface area contributed by atoms with Crippen LogP contribution in [0.25, 0.3) is 17.2 Å². The average Bonchev–Trinajstić information content (AvgIpc) is 3.15. The largest absolute Gasteiger partial charge is 0.369 e. The molecule has 0 aliphatic carbocycles. The van der Waals surface area contributed by atoms with Crippen molar-refractivity contribution in [3.63, 3.8) is 0 Å². The molecule has 1 amide bonds. The van der Waals surface area contributed by atoms with Crippen LogP contribution in [-0.2, 0) is 4.79 Å². The van der Waals surface area contributed by atoms with Crippen molar-refractivity contribution in [1.82, 2.24) is 24.6 Å². The van der Waals surface area contributed by atoms with Crippen molar-refractivity contribution in [2.24, 2.45) is 0 Å². The quantitative estimate of drug-likeness (QED) is 0.508. The molecular weight excluding hydrogens is 392 g/mol. The average molecular weight is 409 g/mol. The number of hydrogen-bond donors (Lipinski definition) is 2. The van der Waals surface area contributed by atoms with E-state index in [1.807, 2.05) is 13.0 Å². The lowest BCUT2D eigenvalue weighted by Crippen LogP contribution is -2.18. The van der Waals surface area contributed by atoms with E-state index in [4.69, 9.17) is 0 Å². The van der Waals surface area contributed by atoms with Gasteiger partial charge in [0.15, 0.2) is 5.82 Å². The fraction of sp³-hybridized carbons (Fsp3) is 0.150. The van der Waals surface area contributed by atoms with E-state index >= 15 is 0 Å². The second-order valence-corrected chi connectivity index (χ2v) is 6.52. The normalized spacial score (nSPS) is 10.9. The number of rotatable bonds is 6. The number of nitrogens with zero attached hydrogens (tertiary/aromatic N) is 5. The maximum atomic E-state index is 13.7. The van der Waals surface area contributed by atoms with Gasteiger partial charge in [0.1, 0.15) is 17.5 Å². The van der Waals surface area contributed by atoms with E-state index < -0.39 is 17.5 Å². The zero-order valence-electron chi connectivity index (χ0n) is 15.9. The summed E-state index contributed by atoms with van der Waals surface area (Å²) < 4.78 is 28.2. The van der Waals surface area contributed by atoms with Crippen molar-refractivity contribution >= 4 is 23.2 Å². The van der Waals surface area contributed by atoms with Gasteiger partial charge >= 0.3 is 0 Å². The molecule has 3 aromatic heterocycles. The predicted molar refractivity (Wildman–Crippen MR) is 107 cm³/mol. The van der Waals surface area contributed by atoms with Crippen LogP contribution in [0, 0.1) is 18.6 Å². The van der Waals surface area contributed by atoms with Crippen LogP contribution in [0.15, 0.2) is 48.8 Å². The van der Waals surface area contributed by atoms with Crippen LogP contribution in [0.4, 0.5) is 20.3 Å². The van der Waals surface area contributed by atoms with Gasteiger partial charge in [-0.25, -0.2) is 13.8 Å². The third-order valence-electron chi connectivity index (χ3n) is 4.22. The van der Waals surface area contributed by atoms with Crippen LogP contribution in [0.1, 0.15) is 12.1 Å². The molecule has 0 saturated carbocycles. The summed E-state index contributed by atoms with van der Waals surface area (Å²) in [6.07, 6.45) is 3.38. The number of nitrogens with one attached hydrogen (secondary N) is 2. The van der Waals surface area contributed by atoms with Crippen molar-refractivity contribution in [3.8, 4) is 11.4 Å². The van der Waals surface area contributed by atoms with Crippen molar-refractivity contribution < 1.29 is 13.6 Å². The number of aryl methyl sites for hydroxylation is 1. The Bertz CT molecular complexity index is 1210. The number of carbonyl (C=O) groups is 1. The smallest absolute Gasteiger partial charge is 0.254 e. The molecule has 30 heavy (non-hydrogen) atoms. The van der Waals surface area contributed by atoms with Crippen molar-refractivity contribution in [1.29, 1.82) is 0 Å². The van der Waals surface area contributed by atoms with E-state index in [2.05, 4.69) is 30.7 Å². The summed E-state index contributed by atoms with van der Waals surface area (Å²) in [4.78, 5) is 25.0. The molecule has 0 saturated heterocycles. The molecule has 10 heteroatoms. The summed E-state index contributed by atoms with van der Waals surface area (Å²) in [7, 11) is 0. The number of fused-ring (bicyclic) bond motifs is 1. The lowest BCUT2D eigenvalue weighted by molar-refractivity contribution is -0.116. The predicted octanol–water partition coefficient (Wildman–Crippen LogP) is 3.21. The summed E-state index contributed by atoms with van der Waals surface area (Å²) in [5.74, 6) is -0.440. The van der Waals surface area contributed by atoms with Gasteiger partial charge in [-0.05, 0) is 31.2 Å². The summed E-state index contributed by atoms with van der Waals surface area (Å²) >= 11 is 0. The Balaban J connectivity index is 1.46. The molecule has 8 nitrogen and oxygen atoms in total. The van der Waals surface area contributed by atoms with Crippen LogP contribution in [0.5, 0.6) is 0 Å². The summed E-state index contributed by atoms with van der Waals surface area (Å²) in [5.41, 5.74) is 1.42. The maximum absolute atomic E-state index is 13.7. The SMILES string of the molecule is Cc1cc(NCCC(=O)Nc2ccc(F)cc2F)n2nc(-c3cccnc3)nc2n1. The second kappa shape index (κ2) is 8.19. The first kappa shape index (κ1) is 19.4. The first-order valence-corrected chi connectivity index (χ1v) is 9.13. The van der Waals surface area contributed by atoms with Gasteiger partial charge in [0.05, 0.1) is 5.69 Å². The number of amides is 1. The van der Waals surface area contributed by atoms with E-state index in [-0.39, 0.29) is 18.7 Å². The van der Waals surface area contributed by atoms with E-state index in [0.717, 1.165) is 23.4 Å². The van der Waals surface area contributed by atoms with Gasteiger partial charge in [-0.1, -0.05) is 0 Å². The second-order valence-electron chi connectivity index (χ2n) is 6.52. The van der Waals surface area contributed by atoms with Crippen molar-refractivity contribution in [2.45, 2.75) is 13.3 Å². The Morgan fingerprint density at radius 3 is 2.80 bits per heavy atom. The molecule has 4 aromatic rings. The molecule has 0 aliphatic heterocycles. The van der Waals surface area contributed by atoms with Crippen LogP contribution in [-0.4, -0.2) is 37.0 Å². The molecule has 152 valence electrons. The monoisotopic (exact) mass is 409 g/mol. The Kier molecular flexibility index (Phi) is 5.29. The number of anilines is 2. The third kappa shape index (κ3) is 4.22. The first-order chi connectivity index (χ1) is 14.5. The molecule has 0 radical (unpaired) electrons. The number of halogens is 2. The Morgan fingerprint density at radius 2 is 2.03 bits per heavy atom. The first-order valence-electron chi connectivity index (χ1n) is 9.13. The zero-order valence-corrected chi connectivity index (χ0v) is 15.9. The number of pyridine rings is 1. The highest BCUT2D eigenvalue weighted by Crippen LogP contribution is 2.18. The van der Waals surface area contributed by atoms with Gasteiger partial charge in [-0.2, -0.15) is 9.50 Å². The highest BCUT2D eigenvalue weighted by atomic mass is 19.1. The fourth-order valence-electron chi connectivity index (χ4n) is 2.84. The topological polar surface area (TPSA) is 97.1 Å². The highest BCUT2D eigenvalue weighted by Gasteiger charge is 2.12. The number of hydrogen-bond acceptors (Lipinski definition) is 6. The van der Waals surface area contributed by atoms with E-state index in [1.54, 1.807) is 29.0 Å². The molecule has 0 aliphatic rings. The fourth-order valence-corrected chi connectivity index (χ4v) is 2.84.